The molecule has 130 valence electrons. The van der Waals surface area contributed by atoms with Crippen LogP contribution < -0.4 is 0 Å². The molecule has 1 fully saturated rings. The predicted molar refractivity (Wildman–Crippen MR) is 93.1 cm³/mol. The lowest BCUT2D eigenvalue weighted by atomic mass is 10.1. The van der Waals surface area contributed by atoms with E-state index in [-0.39, 0.29) is 11.9 Å². The van der Waals surface area contributed by atoms with Gasteiger partial charge in [0, 0.05) is 49.5 Å². The fourth-order valence-corrected chi connectivity index (χ4v) is 4.06. The highest BCUT2D eigenvalue weighted by atomic mass is 32.1. The standard InChI is InChI=1S/C17H23FN4OS/c1-11-15(4-5-19-11)17(23)21(3)8-14-6-13(18)7-22(14)9-16-12(2)20-10-24-16/h4-5,10,13-14,19H,6-9H2,1-3H3/t13-,14-/m0/s1. The summed E-state index contributed by atoms with van der Waals surface area (Å²) in [6, 6.07) is 1.83. The van der Waals surface area contributed by atoms with E-state index in [1.807, 2.05) is 19.4 Å². The monoisotopic (exact) mass is 350 g/mol. The number of nitrogens with one attached hydrogen (secondary N) is 1. The van der Waals surface area contributed by atoms with Crippen LogP contribution in [0.2, 0.25) is 0 Å². The van der Waals surface area contributed by atoms with Gasteiger partial charge < -0.3 is 9.88 Å². The van der Waals surface area contributed by atoms with Crippen LogP contribution >= 0.6 is 11.3 Å². The number of thiazole rings is 1. The molecule has 7 heteroatoms. The van der Waals surface area contributed by atoms with Gasteiger partial charge in [0.2, 0.25) is 0 Å². The van der Waals surface area contributed by atoms with Crippen molar-refractivity contribution >= 4 is 17.2 Å². The van der Waals surface area contributed by atoms with Crippen LogP contribution in [-0.2, 0) is 6.54 Å². The predicted octanol–water partition coefficient (Wildman–Crippen LogP) is 2.77. The first kappa shape index (κ1) is 17.1. The maximum absolute atomic E-state index is 14.0. The van der Waals surface area contributed by atoms with Gasteiger partial charge in [-0.2, -0.15) is 0 Å². The number of hydrogen-bond acceptors (Lipinski definition) is 4. The van der Waals surface area contributed by atoms with E-state index in [2.05, 4.69) is 14.9 Å². The summed E-state index contributed by atoms with van der Waals surface area (Å²) in [5, 5.41) is 0. The number of amides is 1. The number of halogens is 1. The molecule has 1 amide bonds. The van der Waals surface area contributed by atoms with Crippen LogP contribution in [0.3, 0.4) is 0 Å². The fourth-order valence-electron chi connectivity index (χ4n) is 3.26. The lowest BCUT2D eigenvalue weighted by molar-refractivity contribution is 0.0749. The van der Waals surface area contributed by atoms with E-state index < -0.39 is 6.17 Å². The summed E-state index contributed by atoms with van der Waals surface area (Å²) in [6.45, 7) is 5.52. The van der Waals surface area contributed by atoms with Crippen molar-refractivity contribution in [2.75, 3.05) is 20.1 Å². The van der Waals surface area contributed by atoms with Crippen LogP contribution in [0.4, 0.5) is 4.39 Å². The van der Waals surface area contributed by atoms with E-state index in [9.17, 15) is 9.18 Å². The third-order valence-electron chi connectivity index (χ3n) is 4.68. The quantitative estimate of drug-likeness (QED) is 0.902. The maximum Gasteiger partial charge on any atom is 0.255 e. The van der Waals surface area contributed by atoms with Crippen molar-refractivity contribution in [3.05, 3.63) is 39.6 Å². The Balaban J connectivity index is 1.67. The van der Waals surface area contributed by atoms with Gasteiger partial charge >= 0.3 is 0 Å². The molecule has 2 atom stereocenters. The van der Waals surface area contributed by atoms with E-state index in [4.69, 9.17) is 0 Å². The molecule has 0 radical (unpaired) electrons. The van der Waals surface area contributed by atoms with Gasteiger partial charge in [-0.25, -0.2) is 9.37 Å². The second kappa shape index (κ2) is 7.03. The molecular formula is C17H23FN4OS. The molecule has 1 aliphatic heterocycles. The second-order valence-electron chi connectivity index (χ2n) is 6.48. The summed E-state index contributed by atoms with van der Waals surface area (Å²) in [7, 11) is 1.79. The Labute approximate surface area is 145 Å². The highest BCUT2D eigenvalue weighted by Gasteiger charge is 2.34. The number of carbonyl (C=O) groups excluding carboxylic acids is 1. The number of aromatic amines is 1. The van der Waals surface area contributed by atoms with Gasteiger partial charge in [-0.1, -0.05) is 0 Å². The fraction of sp³-hybridized carbons (Fsp3) is 0.529. The molecule has 0 unspecified atom stereocenters. The zero-order valence-electron chi connectivity index (χ0n) is 14.3. The largest absolute Gasteiger partial charge is 0.365 e. The Kier molecular flexibility index (Phi) is 5.01. The third-order valence-corrected chi connectivity index (χ3v) is 5.60. The van der Waals surface area contributed by atoms with Crippen LogP contribution in [0.15, 0.2) is 17.8 Å². The smallest absolute Gasteiger partial charge is 0.255 e. The van der Waals surface area contributed by atoms with Crippen molar-refractivity contribution in [1.82, 2.24) is 19.8 Å². The van der Waals surface area contributed by atoms with Crippen molar-refractivity contribution in [1.29, 1.82) is 0 Å². The number of nitrogens with zero attached hydrogens (tertiary/aromatic N) is 3. The molecule has 3 rings (SSSR count). The number of aryl methyl sites for hydroxylation is 2. The third kappa shape index (κ3) is 3.52. The van der Waals surface area contributed by atoms with Gasteiger partial charge in [-0.3, -0.25) is 9.69 Å². The molecule has 2 aromatic rings. The maximum atomic E-state index is 14.0. The molecule has 0 bridgehead atoms. The molecule has 1 aliphatic rings. The summed E-state index contributed by atoms with van der Waals surface area (Å²) in [5.74, 6) is -0.0232. The molecule has 24 heavy (non-hydrogen) atoms. The molecule has 0 aliphatic carbocycles. The summed E-state index contributed by atoms with van der Waals surface area (Å²) in [5.41, 5.74) is 4.37. The van der Waals surface area contributed by atoms with Crippen LogP contribution in [0.5, 0.6) is 0 Å². The van der Waals surface area contributed by atoms with Crippen molar-refractivity contribution in [2.45, 2.75) is 39.0 Å². The highest BCUT2D eigenvalue weighted by molar-refractivity contribution is 7.09. The van der Waals surface area contributed by atoms with Crippen LogP contribution in [0, 0.1) is 13.8 Å². The summed E-state index contributed by atoms with van der Waals surface area (Å²) < 4.78 is 14.0. The minimum Gasteiger partial charge on any atom is -0.365 e. The van der Waals surface area contributed by atoms with Crippen molar-refractivity contribution in [2.24, 2.45) is 0 Å². The highest BCUT2D eigenvalue weighted by Crippen LogP contribution is 2.26. The topological polar surface area (TPSA) is 52.2 Å². The van der Waals surface area contributed by atoms with E-state index in [1.54, 1.807) is 35.5 Å². The summed E-state index contributed by atoms with van der Waals surface area (Å²) >= 11 is 1.60. The first-order chi connectivity index (χ1) is 11.5. The number of H-pyrrole nitrogens is 1. The normalized spacial score (nSPS) is 21.3. The average molecular weight is 350 g/mol. The lowest BCUT2D eigenvalue weighted by Gasteiger charge is -2.28. The Morgan fingerprint density at radius 3 is 2.96 bits per heavy atom. The SMILES string of the molecule is Cc1ncsc1CN1C[C@@H](F)C[C@H]1CN(C)C(=O)c1cc[nH]c1C. The van der Waals surface area contributed by atoms with Crippen LogP contribution in [0.25, 0.3) is 0 Å². The van der Waals surface area contributed by atoms with Gasteiger partial charge in [0.15, 0.2) is 0 Å². The van der Waals surface area contributed by atoms with Crippen molar-refractivity contribution < 1.29 is 9.18 Å². The Morgan fingerprint density at radius 1 is 1.54 bits per heavy atom. The molecule has 0 aromatic carbocycles. The number of rotatable bonds is 5. The molecule has 5 nitrogen and oxygen atoms in total. The molecular weight excluding hydrogens is 327 g/mol. The van der Waals surface area contributed by atoms with E-state index in [0.29, 0.717) is 31.6 Å². The van der Waals surface area contributed by atoms with Crippen molar-refractivity contribution in [3.63, 3.8) is 0 Å². The number of alkyl halides is 1. The van der Waals surface area contributed by atoms with E-state index in [0.717, 1.165) is 11.4 Å². The minimum absolute atomic E-state index is 0.0232. The number of likely N-dealkylation sites (tertiary alicyclic amines) is 1. The number of likely N-dealkylation sites (N-methyl/N-ethyl adjacent to an activating group) is 1. The van der Waals surface area contributed by atoms with Crippen LogP contribution in [-0.4, -0.2) is 58.0 Å². The zero-order valence-corrected chi connectivity index (χ0v) is 15.1. The Morgan fingerprint density at radius 2 is 2.33 bits per heavy atom. The molecule has 3 heterocycles. The molecule has 0 spiro atoms. The minimum atomic E-state index is -0.833. The van der Waals surface area contributed by atoms with Gasteiger partial charge in [0.05, 0.1) is 16.8 Å². The molecule has 0 saturated carbocycles. The van der Waals surface area contributed by atoms with Gasteiger partial charge in [-0.15, -0.1) is 11.3 Å². The second-order valence-corrected chi connectivity index (χ2v) is 7.42. The lowest BCUT2D eigenvalue weighted by Crippen LogP contribution is -2.41. The van der Waals surface area contributed by atoms with Gasteiger partial charge in [0.25, 0.3) is 5.91 Å². The van der Waals surface area contributed by atoms with Gasteiger partial charge in [0.1, 0.15) is 6.17 Å². The Hall–Kier alpha value is -1.73. The summed E-state index contributed by atoms with van der Waals surface area (Å²) in [6.07, 6.45) is 1.41. The first-order valence-electron chi connectivity index (χ1n) is 8.12. The first-order valence-corrected chi connectivity index (χ1v) is 9.00. The van der Waals surface area contributed by atoms with Gasteiger partial charge in [-0.05, 0) is 26.3 Å². The van der Waals surface area contributed by atoms with Crippen LogP contribution in [0.1, 0.15) is 33.0 Å². The van der Waals surface area contributed by atoms with E-state index in [1.165, 1.54) is 4.88 Å². The Bertz CT molecular complexity index is 713. The van der Waals surface area contributed by atoms with Crippen molar-refractivity contribution in [3.8, 4) is 0 Å². The number of aromatic nitrogens is 2. The molecule has 2 aromatic heterocycles. The number of hydrogen-bond donors (Lipinski definition) is 1. The molecule has 1 saturated heterocycles. The molecule has 1 N–H and O–H groups in total. The average Bonchev–Trinajstić information content (AvgIpc) is 3.22. The number of carbonyl (C=O) groups is 1. The van der Waals surface area contributed by atoms with E-state index >= 15 is 0 Å². The summed E-state index contributed by atoms with van der Waals surface area (Å²) in [4.78, 5) is 24.9. The zero-order chi connectivity index (χ0) is 17.3.